The van der Waals surface area contributed by atoms with Crippen molar-refractivity contribution in [1.82, 2.24) is 29.5 Å². The van der Waals surface area contributed by atoms with Gasteiger partial charge in [-0.2, -0.15) is 15.3 Å². The third kappa shape index (κ3) is 3.51. The summed E-state index contributed by atoms with van der Waals surface area (Å²) in [4.78, 5) is 11.8. The summed E-state index contributed by atoms with van der Waals surface area (Å²) in [6, 6.07) is 7.64. The van der Waals surface area contributed by atoms with Gasteiger partial charge in [0.2, 0.25) is 5.95 Å². The Morgan fingerprint density at radius 2 is 2.07 bits per heavy atom. The van der Waals surface area contributed by atoms with E-state index in [0.29, 0.717) is 30.4 Å². The minimum absolute atomic E-state index is 0.367. The molecule has 0 saturated carbocycles. The highest BCUT2D eigenvalue weighted by molar-refractivity contribution is 5.61. The number of H-pyrrole nitrogens is 1. The molecule has 0 aromatic carbocycles. The molecule has 9 heteroatoms. The molecule has 150 valence electrons. The lowest BCUT2D eigenvalue weighted by atomic mass is 9.97. The lowest BCUT2D eigenvalue weighted by Gasteiger charge is -2.39. The summed E-state index contributed by atoms with van der Waals surface area (Å²) in [6.07, 6.45) is 8.95. The molecule has 2 aliphatic rings. The number of nitrogens with one attached hydrogen (secondary N) is 3. The molecule has 5 heterocycles. The number of aromatic amines is 1. The average Bonchev–Trinajstić information content (AvgIpc) is 3.39. The van der Waals surface area contributed by atoms with Crippen LogP contribution in [0, 0.1) is 18.3 Å². The number of anilines is 3. The zero-order chi connectivity index (χ0) is 19.8. The van der Waals surface area contributed by atoms with Crippen LogP contribution >= 0.6 is 0 Å². The zero-order valence-corrected chi connectivity index (χ0v) is 16.5. The Balaban J connectivity index is 1.35. The molecule has 3 N–H and O–H groups in total. The van der Waals surface area contributed by atoms with Crippen LogP contribution < -0.4 is 10.6 Å². The highest BCUT2D eigenvalue weighted by atomic mass is 15.3. The standard InChI is InChI=1S/C20H25N9/c1-13-9-18(27-26-13)24-17-12-19-22-6-8-29(19)20(25-17)23-14-10-15-3-4-16(11-14)28(15)7-2-5-21/h6,8-9,12,14-16H,2-4,7,10-11H2,1H3,(H,23,25)(H2,24,26,27)/t14?,15-,16+. The van der Waals surface area contributed by atoms with Gasteiger partial charge in [-0.1, -0.05) is 0 Å². The molecule has 0 spiro atoms. The van der Waals surface area contributed by atoms with Gasteiger partial charge in [0, 0.05) is 61.3 Å². The highest BCUT2D eigenvalue weighted by Gasteiger charge is 2.40. The van der Waals surface area contributed by atoms with Gasteiger partial charge >= 0.3 is 0 Å². The number of rotatable bonds is 6. The van der Waals surface area contributed by atoms with E-state index in [1.807, 2.05) is 29.7 Å². The van der Waals surface area contributed by atoms with E-state index in [-0.39, 0.29) is 0 Å². The van der Waals surface area contributed by atoms with Crippen molar-refractivity contribution >= 4 is 23.2 Å². The fourth-order valence-corrected chi connectivity index (χ4v) is 4.82. The molecule has 2 saturated heterocycles. The van der Waals surface area contributed by atoms with Crippen molar-refractivity contribution in [3.8, 4) is 6.07 Å². The van der Waals surface area contributed by atoms with Gasteiger partial charge < -0.3 is 10.6 Å². The highest BCUT2D eigenvalue weighted by Crippen LogP contribution is 2.36. The summed E-state index contributed by atoms with van der Waals surface area (Å²) in [5.41, 5.74) is 1.83. The first-order chi connectivity index (χ1) is 14.2. The van der Waals surface area contributed by atoms with Gasteiger partial charge in [-0.25, -0.2) is 4.98 Å². The zero-order valence-electron chi connectivity index (χ0n) is 16.5. The van der Waals surface area contributed by atoms with Gasteiger partial charge in [-0.3, -0.25) is 14.4 Å². The maximum absolute atomic E-state index is 8.93. The predicted molar refractivity (Wildman–Crippen MR) is 110 cm³/mol. The summed E-state index contributed by atoms with van der Waals surface area (Å²) in [5.74, 6) is 2.25. The Morgan fingerprint density at radius 1 is 1.24 bits per heavy atom. The maximum Gasteiger partial charge on any atom is 0.210 e. The average molecular weight is 391 g/mol. The number of imidazole rings is 1. The Bertz CT molecular complexity index is 1030. The molecule has 0 aliphatic carbocycles. The third-order valence-corrected chi connectivity index (χ3v) is 6.05. The number of aromatic nitrogens is 5. The Hall–Kier alpha value is -3.12. The number of fused-ring (bicyclic) bond motifs is 3. The number of nitriles is 1. The van der Waals surface area contributed by atoms with Gasteiger partial charge in [0.05, 0.1) is 6.07 Å². The van der Waals surface area contributed by atoms with E-state index >= 15 is 0 Å². The smallest absolute Gasteiger partial charge is 0.210 e. The molecular formula is C20H25N9. The van der Waals surface area contributed by atoms with Crippen molar-refractivity contribution in [1.29, 1.82) is 5.26 Å². The lowest BCUT2D eigenvalue weighted by Crippen LogP contribution is -2.47. The van der Waals surface area contributed by atoms with Crippen molar-refractivity contribution in [3.05, 3.63) is 30.2 Å². The van der Waals surface area contributed by atoms with Crippen molar-refractivity contribution in [2.75, 3.05) is 17.2 Å². The van der Waals surface area contributed by atoms with E-state index in [4.69, 9.17) is 10.2 Å². The quantitative estimate of drug-likeness (QED) is 0.593. The maximum atomic E-state index is 8.93. The van der Waals surface area contributed by atoms with Gasteiger partial charge in [0.15, 0.2) is 5.82 Å². The monoisotopic (exact) mass is 391 g/mol. The second kappa shape index (κ2) is 7.37. The summed E-state index contributed by atoms with van der Waals surface area (Å²) in [5, 5.41) is 23.0. The normalized spacial score (nSPS) is 23.9. The van der Waals surface area contributed by atoms with E-state index in [2.05, 4.69) is 36.8 Å². The van der Waals surface area contributed by atoms with Gasteiger partial charge in [-0.15, -0.1) is 0 Å². The molecule has 3 atom stereocenters. The molecule has 9 nitrogen and oxygen atoms in total. The summed E-state index contributed by atoms with van der Waals surface area (Å²) >= 11 is 0. The number of hydrogen-bond acceptors (Lipinski definition) is 7. The van der Waals surface area contributed by atoms with E-state index in [0.717, 1.165) is 42.5 Å². The van der Waals surface area contributed by atoms with E-state index < -0.39 is 0 Å². The summed E-state index contributed by atoms with van der Waals surface area (Å²) in [7, 11) is 0. The fourth-order valence-electron chi connectivity index (χ4n) is 4.82. The number of hydrogen-bond donors (Lipinski definition) is 3. The number of piperidine rings is 1. The van der Waals surface area contributed by atoms with Crippen LogP contribution in [-0.4, -0.2) is 54.1 Å². The van der Waals surface area contributed by atoms with Crippen LogP contribution in [0.25, 0.3) is 5.65 Å². The van der Waals surface area contributed by atoms with Crippen LogP contribution in [0.1, 0.15) is 37.8 Å². The molecule has 2 aliphatic heterocycles. The Morgan fingerprint density at radius 3 is 2.79 bits per heavy atom. The van der Waals surface area contributed by atoms with E-state index in [9.17, 15) is 0 Å². The van der Waals surface area contributed by atoms with Crippen LogP contribution in [-0.2, 0) is 0 Å². The van der Waals surface area contributed by atoms with E-state index in [1.165, 1.54) is 12.8 Å². The SMILES string of the molecule is Cc1cc(Nc2cc3nccn3c(NC3C[C@H]4CC[C@@H](C3)N4CCC#N)n2)n[nH]1. The summed E-state index contributed by atoms with van der Waals surface area (Å²) in [6.45, 7) is 2.86. The number of nitrogens with zero attached hydrogens (tertiary/aromatic N) is 6. The van der Waals surface area contributed by atoms with Crippen molar-refractivity contribution in [3.63, 3.8) is 0 Å². The fraction of sp³-hybridized carbons (Fsp3) is 0.500. The van der Waals surface area contributed by atoms with Crippen LogP contribution in [0.5, 0.6) is 0 Å². The number of aryl methyl sites for hydroxylation is 1. The second-order valence-corrected chi connectivity index (χ2v) is 8.03. The van der Waals surface area contributed by atoms with Gasteiger partial charge in [-0.05, 0) is 32.6 Å². The second-order valence-electron chi connectivity index (χ2n) is 8.03. The van der Waals surface area contributed by atoms with Crippen LogP contribution in [0.15, 0.2) is 24.5 Å². The first kappa shape index (κ1) is 17.9. The summed E-state index contributed by atoms with van der Waals surface area (Å²) < 4.78 is 1.99. The minimum atomic E-state index is 0.367. The molecule has 29 heavy (non-hydrogen) atoms. The lowest BCUT2D eigenvalue weighted by molar-refractivity contribution is 0.135. The largest absolute Gasteiger partial charge is 0.352 e. The van der Waals surface area contributed by atoms with Crippen LogP contribution in [0.2, 0.25) is 0 Å². The molecule has 2 bridgehead atoms. The molecule has 1 unspecified atom stereocenters. The molecule has 3 aromatic heterocycles. The Labute approximate surface area is 169 Å². The Kier molecular flexibility index (Phi) is 4.56. The van der Waals surface area contributed by atoms with Gasteiger partial charge in [0.25, 0.3) is 0 Å². The molecule has 3 aromatic rings. The molecule has 2 fully saturated rings. The molecule has 5 rings (SSSR count). The minimum Gasteiger partial charge on any atom is -0.352 e. The predicted octanol–water partition coefficient (Wildman–Crippen LogP) is 2.83. The topological polar surface area (TPSA) is 110 Å². The van der Waals surface area contributed by atoms with Crippen molar-refractivity contribution in [2.24, 2.45) is 0 Å². The first-order valence-corrected chi connectivity index (χ1v) is 10.2. The van der Waals surface area contributed by atoms with Crippen molar-refractivity contribution in [2.45, 2.75) is 57.2 Å². The van der Waals surface area contributed by atoms with E-state index in [1.54, 1.807) is 6.20 Å². The third-order valence-electron chi connectivity index (χ3n) is 6.05. The molecular weight excluding hydrogens is 366 g/mol. The first-order valence-electron chi connectivity index (χ1n) is 10.2. The van der Waals surface area contributed by atoms with Gasteiger partial charge in [0.1, 0.15) is 11.5 Å². The molecule has 0 radical (unpaired) electrons. The van der Waals surface area contributed by atoms with Crippen LogP contribution in [0.4, 0.5) is 17.6 Å². The van der Waals surface area contributed by atoms with Crippen molar-refractivity contribution < 1.29 is 0 Å². The molecule has 0 amide bonds. The van der Waals surface area contributed by atoms with Crippen LogP contribution in [0.3, 0.4) is 0 Å².